The van der Waals surface area contributed by atoms with Crippen LogP contribution in [-0.2, 0) is 0 Å². The molecule has 2 rings (SSSR count). The third kappa shape index (κ3) is 2.79. The van der Waals surface area contributed by atoms with Crippen molar-refractivity contribution in [1.82, 2.24) is 0 Å². The fourth-order valence-electron chi connectivity index (χ4n) is 2.11. The summed E-state index contributed by atoms with van der Waals surface area (Å²) in [5.74, 6) is -0.241. The second-order valence-corrected chi connectivity index (χ2v) is 5.46. The van der Waals surface area contributed by atoms with Gasteiger partial charge in [-0.3, -0.25) is 0 Å². The van der Waals surface area contributed by atoms with Crippen LogP contribution in [0.2, 0.25) is 0 Å². The third-order valence-corrected chi connectivity index (χ3v) is 3.48. The molecule has 1 atom stereocenters. The highest BCUT2D eigenvalue weighted by Crippen LogP contribution is 2.26. The quantitative estimate of drug-likeness (QED) is 0.881. The Hall–Kier alpha value is -1.19. The minimum atomic E-state index is -0.299. The van der Waals surface area contributed by atoms with E-state index in [9.17, 15) is 4.39 Å². The average Bonchev–Trinajstić information content (AvgIpc) is 2.26. The molecule has 2 aromatic carbocycles. The molecule has 94 valence electrons. The van der Waals surface area contributed by atoms with E-state index in [1.165, 1.54) is 12.1 Å². The highest BCUT2D eigenvalue weighted by molar-refractivity contribution is 9.10. The minimum Gasteiger partial charge on any atom is -0.320 e. The van der Waals surface area contributed by atoms with Crippen LogP contribution in [0.5, 0.6) is 0 Å². The molecule has 0 bridgehead atoms. The fourth-order valence-corrected chi connectivity index (χ4v) is 2.59. The van der Waals surface area contributed by atoms with Gasteiger partial charge in [-0.15, -0.1) is 0 Å². The van der Waals surface area contributed by atoms with Gasteiger partial charge in [0.2, 0.25) is 0 Å². The topological polar surface area (TPSA) is 26.0 Å². The second kappa shape index (κ2) is 5.21. The van der Waals surface area contributed by atoms with E-state index >= 15 is 0 Å². The van der Waals surface area contributed by atoms with E-state index in [1.807, 2.05) is 38.1 Å². The first-order chi connectivity index (χ1) is 8.47. The molecule has 0 radical (unpaired) electrons. The van der Waals surface area contributed by atoms with Crippen LogP contribution in [0.4, 0.5) is 4.39 Å². The maximum Gasteiger partial charge on any atom is 0.123 e. The standard InChI is InChI=1S/C15H15BrFN/c1-9-5-11(8-13(17)6-9)15(18)14-4-3-12(16)7-10(14)2/h3-8,15H,18H2,1-2H3. The lowest BCUT2D eigenvalue weighted by Crippen LogP contribution is -2.13. The summed E-state index contributed by atoms with van der Waals surface area (Å²) >= 11 is 3.42. The zero-order valence-corrected chi connectivity index (χ0v) is 12.0. The van der Waals surface area contributed by atoms with E-state index in [0.29, 0.717) is 0 Å². The summed E-state index contributed by atoms with van der Waals surface area (Å²) in [6, 6.07) is 10.6. The fraction of sp³-hybridized carbons (Fsp3) is 0.200. The van der Waals surface area contributed by atoms with E-state index < -0.39 is 0 Å². The lowest BCUT2D eigenvalue weighted by molar-refractivity contribution is 0.622. The molecular formula is C15H15BrFN. The van der Waals surface area contributed by atoms with E-state index in [4.69, 9.17) is 5.73 Å². The number of hydrogen-bond acceptors (Lipinski definition) is 1. The van der Waals surface area contributed by atoms with Crippen molar-refractivity contribution in [2.45, 2.75) is 19.9 Å². The van der Waals surface area contributed by atoms with Crippen molar-refractivity contribution in [3.8, 4) is 0 Å². The van der Waals surface area contributed by atoms with E-state index in [-0.39, 0.29) is 11.9 Å². The summed E-state index contributed by atoms with van der Waals surface area (Å²) in [5.41, 5.74) is 10.0. The molecule has 2 aromatic rings. The van der Waals surface area contributed by atoms with Gasteiger partial charge in [-0.1, -0.05) is 28.1 Å². The molecule has 1 unspecified atom stereocenters. The minimum absolute atomic E-state index is 0.241. The van der Waals surface area contributed by atoms with Crippen molar-refractivity contribution in [2.75, 3.05) is 0 Å². The summed E-state index contributed by atoms with van der Waals surface area (Å²) < 4.78 is 14.4. The van der Waals surface area contributed by atoms with Crippen LogP contribution in [0.25, 0.3) is 0 Å². The predicted octanol–water partition coefficient (Wildman–Crippen LogP) is 4.25. The van der Waals surface area contributed by atoms with Gasteiger partial charge in [-0.2, -0.15) is 0 Å². The van der Waals surface area contributed by atoms with Crippen LogP contribution < -0.4 is 5.73 Å². The van der Waals surface area contributed by atoms with Gasteiger partial charge in [0.15, 0.2) is 0 Å². The molecule has 18 heavy (non-hydrogen) atoms. The lowest BCUT2D eigenvalue weighted by atomic mass is 9.95. The van der Waals surface area contributed by atoms with Crippen LogP contribution >= 0.6 is 15.9 Å². The molecule has 2 N–H and O–H groups in total. The Morgan fingerprint density at radius 3 is 2.44 bits per heavy atom. The van der Waals surface area contributed by atoms with Crippen molar-refractivity contribution in [2.24, 2.45) is 5.73 Å². The van der Waals surface area contributed by atoms with E-state index in [0.717, 1.165) is 26.7 Å². The lowest BCUT2D eigenvalue weighted by Gasteiger charge is -2.16. The molecule has 1 nitrogen and oxygen atoms in total. The van der Waals surface area contributed by atoms with Gasteiger partial charge in [0.25, 0.3) is 0 Å². The summed E-state index contributed by atoms with van der Waals surface area (Å²) in [4.78, 5) is 0. The van der Waals surface area contributed by atoms with Crippen LogP contribution in [0, 0.1) is 19.7 Å². The third-order valence-electron chi connectivity index (χ3n) is 2.99. The highest BCUT2D eigenvalue weighted by atomic mass is 79.9. The van der Waals surface area contributed by atoms with Crippen LogP contribution in [0.3, 0.4) is 0 Å². The monoisotopic (exact) mass is 307 g/mol. The smallest absolute Gasteiger partial charge is 0.123 e. The van der Waals surface area contributed by atoms with Gasteiger partial charge in [-0.25, -0.2) is 4.39 Å². The Bertz CT molecular complexity index is 560. The number of rotatable bonds is 2. The second-order valence-electron chi connectivity index (χ2n) is 4.54. The van der Waals surface area contributed by atoms with E-state index in [1.54, 1.807) is 0 Å². The van der Waals surface area contributed by atoms with Gasteiger partial charge < -0.3 is 5.73 Å². The molecule has 0 spiro atoms. The zero-order valence-electron chi connectivity index (χ0n) is 10.4. The number of aryl methyl sites for hydroxylation is 2. The molecule has 0 aromatic heterocycles. The normalized spacial score (nSPS) is 12.5. The van der Waals surface area contributed by atoms with Crippen LogP contribution in [-0.4, -0.2) is 0 Å². The molecule has 0 aliphatic rings. The van der Waals surface area contributed by atoms with Crippen LogP contribution in [0.1, 0.15) is 28.3 Å². The molecule has 0 aliphatic heterocycles. The molecule has 3 heteroatoms. The Morgan fingerprint density at radius 1 is 1.11 bits per heavy atom. The van der Waals surface area contributed by atoms with Crippen molar-refractivity contribution in [3.05, 3.63) is 68.9 Å². The Kier molecular flexibility index (Phi) is 3.83. The summed E-state index contributed by atoms with van der Waals surface area (Å²) in [6.07, 6.45) is 0. The molecule has 0 aliphatic carbocycles. The summed E-state index contributed by atoms with van der Waals surface area (Å²) in [5, 5.41) is 0. The van der Waals surface area contributed by atoms with Gasteiger partial charge in [0, 0.05) is 4.47 Å². The molecular weight excluding hydrogens is 293 g/mol. The first kappa shape index (κ1) is 13.2. The van der Waals surface area contributed by atoms with Gasteiger partial charge in [-0.05, 0) is 60.4 Å². The summed E-state index contributed by atoms with van der Waals surface area (Å²) in [6.45, 7) is 3.87. The first-order valence-electron chi connectivity index (χ1n) is 5.76. The molecule has 0 saturated carbocycles. The van der Waals surface area contributed by atoms with Crippen molar-refractivity contribution >= 4 is 15.9 Å². The largest absolute Gasteiger partial charge is 0.320 e. The molecule has 0 heterocycles. The summed E-state index contributed by atoms with van der Waals surface area (Å²) in [7, 11) is 0. The Balaban J connectivity index is 2.44. The number of hydrogen-bond donors (Lipinski definition) is 1. The maximum atomic E-state index is 13.4. The first-order valence-corrected chi connectivity index (χ1v) is 6.55. The number of nitrogens with two attached hydrogens (primary N) is 1. The molecule has 0 amide bonds. The maximum absolute atomic E-state index is 13.4. The van der Waals surface area contributed by atoms with Crippen LogP contribution in [0.15, 0.2) is 40.9 Å². The van der Waals surface area contributed by atoms with Gasteiger partial charge in [0.05, 0.1) is 6.04 Å². The van der Waals surface area contributed by atoms with Crippen molar-refractivity contribution < 1.29 is 4.39 Å². The highest BCUT2D eigenvalue weighted by Gasteiger charge is 2.12. The van der Waals surface area contributed by atoms with Gasteiger partial charge in [0.1, 0.15) is 5.82 Å². The zero-order chi connectivity index (χ0) is 13.3. The SMILES string of the molecule is Cc1cc(F)cc(C(N)c2ccc(Br)cc2C)c1. The number of benzene rings is 2. The van der Waals surface area contributed by atoms with Crippen molar-refractivity contribution in [1.29, 1.82) is 0 Å². The number of halogens is 2. The van der Waals surface area contributed by atoms with E-state index in [2.05, 4.69) is 15.9 Å². The Morgan fingerprint density at radius 2 is 1.83 bits per heavy atom. The van der Waals surface area contributed by atoms with Crippen molar-refractivity contribution in [3.63, 3.8) is 0 Å². The average molecular weight is 308 g/mol. The molecule has 0 fully saturated rings. The Labute approximate surface area is 115 Å². The predicted molar refractivity (Wildman–Crippen MR) is 76.0 cm³/mol. The van der Waals surface area contributed by atoms with Gasteiger partial charge >= 0.3 is 0 Å². The molecule has 0 saturated heterocycles.